The summed E-state index contributed by atoms with van der Waals surface area (Å²) in [6.07, 6.45) is 3.78. The highest BCUT2D eigenvalue weighted by Crippen LogP contribution is 2.39. The summed E-state index contributed by atoms with van der Waals surface area (Å²) in [5.41, 5.74) is 1.10. The van der Waals surface area contributed by atoms with Crippen LogP contribution in [0.4, 0.5) is 11.6 Å². The van der Waals surface area contributed by atoms with E-state index in [2.05, 4.69) is 25.5 Å². The van der Waals surface area contributed by atoms with Crippen molar-refractivity contribution in [2.45, 2.75) is 18.8 Å². The van der Waals surface area contributed by atoms with Crippen LogP contribution in [0, 0.1) is 0 Å². The third kappa shape index (κ3) is 2.15. The molecule has 2 aromatic heterocycles. The maximum absolute atomic E-state index is 10.7. The molecule has 0 radical (unpaired) electrons. The fourth-order valence-corrected chi connectivity index (χ4v) is 1.67. The van der Waals surface area contributed by atoms with Gasteiger partial charge in [-0.05, 0) is 18.9 Å². The fourth-order valence-electron chi connectivity index (χ4n) is 1.67. The molecule has 0 amide bonds. The van der Waals surface area contributed by atoms with Crippen molar-refractivity contribution in [1.29, 1.82) is 0 Å². The molecule has 3 rings (SSSR count). The van der Waals surface area contributed by atoms with Gasteiger partial charge < -0.3 is 10.4 Å². The molecule has 7 heteroatoms. The maximum atomic E-state index is 10.7. The van der Waals surface area contributed by atoms with Gasteiger partial charge in [-0.2, -0.15) is 5.10 Å². The van der Waals surface area contributed by atoms with Gasteiger partial charge in [0.1, 0.15) is 5.82 Å². The first-order valence-electron chi connectivity index (χ1n) is 5.61. The third-order valence-electron chi connectivity index (χ3n) is 2.72. The molecular formula is C11H11N5O2. The lowest BCUT2D eigenvalue weighted by Crippen LogP contribution is -2.05. The van der Waals surface area contributed by atoms with E-state index in [4.69, 9.17) is 5.11 Å². The quantitative estimate of drug-likeness (QED) is 0.754. The molecular weight excluding hydrogens is 234 g/mol. The van der Waals surface area contributed by atoms with E-state index in [1.807, 2.05) is 6.07 Å². The second-order valence-corrected chi connectivity index (χ2v) is 4.18. The second-order valence-electron chi connectivity index (χ2n) is 4.18. The molecule has 0 unspecified atom stereocenters. The largest absolute Gasteiger partial charge is 0.475 e. The van der Waals surface area contributed by atoms with E-state index in [1.165, 1.54) is 19.0 Å². The van der Waals surface area contributed by atoms with Gasteiger partial charge in [0.05, 0.1) is 0 Å². The summed E-state index contributed by atoms with van der Waals surface area (Å²) < 4.78 is 0. The molecule has 1 aliphatic rings. The van der Waals surface area contributed by atoms with E-state index in [0.29, 0.717) is 17.6 Å². The number of nitrogens with zero attached hydrogens (tertiary/aromatic N) is 3. The van der Waals surface area contributed by atoms with Gasteiger partial charge in [0.2, 0.25) is 5.82 Å². The lowest BCUT2D eigenvalue weighted by atomic mass is 10.3. The van der Waals surface area contributed by atoms with Crippen LogP contribution in [0.25, 0.3) is 0 Å². The van der Waals surface area contributed by atoms with Crippen LogP contribution < -0.4 is 5.32 Å². The summed E-state index contributed by atoms with van der Waals surface area (Å²) in [5.74, 6) is 0.244. The van der Waals surface area contributed by atoms with Gasteiger partial charge in [-0.25, -0.2) is 14.8 Å². The van der Waals surface area contributed by atoms with E-state index in [-0.39, 0.29) is 5.82 Å². The Morgan fingerprint density at radius 3 is 3.00 bits per heavy atom. The first-order valence-corrected chi connectivity index (χ1v) is 5.61. The molecule has 0 saturated heterocycles. The number of aromatic nitrogens is 4. The summed E-state index contributed by atoms with van der Waals surface area (Å²) in [5, 5.41) is 18.8. The van der Waals surface area contributed by atoms with E-state index >= 15 is 0 Å². The Morgan fingerprint density at radius 2 is 2.28 bits per heavy atom. The van der Waals surface area contributed by atoms with Crippen LogP contribution in [0.1, 0.15) is 35.1 Å². The van der Waals surface area contributed by atoms with Crippen LogP contribution in [-0.4, -0.2) is 31.2 Å². The molecule has 3 N–H and O–H groups in total. The van der Waals surface area contributed by atoms with Gasteiger partial charge in [0.15, 0.2) is 5.82 Å². The predicted octanol–water partition coefficient (Wildman–Crippen LogP) is 1.52. The van der Waals surface area contributed by atoms with Crippen LogP contribution in [-0.2, 0) is 0 Å². The minimum Gasteiger partial charge on any atom is -0.475 e. The summed E-state index contributed by atoms with van der Waals surface area (Å²) in [7, 11) is 0. The number of nitrogens with one attached hydrogen (secondary N) is 2. The highest BCUT2D eigenvalue weighted by molar-refractivity contribution is 5.83. The molecule has 18 heavy (non-hydrogen) atoms. The van der Waals surface area contributed by atoms with Gasteiger partial charge in [0, 0.05) is 23.9 Å². The fraction of sp³-hybridized carbons (Fsp3) is 0.273. The Bertz CT molecular complexity index is 591. The molecule has 0 aliphatic heterocycles. The molecule has 0 spiro atoms. The SMILES string of the molecule is O=C(O)c1nccc(Nc2cc(C3CC3)[nH]n2)n1. The van der Waals surface area contributed by atoms with Crippen molar-refractivity contribution in [1.82, 2.24) is 20.2 Å². The zero-order valence-corrected chi connectivity index (χ0v) is 9.42. The lowest BCUT2D eigenvalue weighted by molar-refractivity contribution is 0.0683. The average molecular weight is 245 g/mol. The van der Waals surface area contributed by atoms with Gasteiger partial charge >= 0.3 is 5.97 Å². The first kappa shape index (κ1) is 10.7. The van der Waals surface area contributed by atoms with Crippen molar-refractivity contribution in [2.24, 2.45) is 0 Å². The predicted molar refractivity (Wildman–Crippen MR) is 62.8 cm³/mol. The van der Waals surface area contributed by atoms with Crippen molar-refractivity contribution in [3.63, 3.8) is 0 Å². The topological polar surface area (TPSA) is 104 Å². The van der Waals surface area contributed by atoms with Gasteiger partial charge in [-0.1, -0.05) is 0 Å². The van der Waals surface area contributed by atoms with Crippen molar-refractivity contribution in [2.75, 3.05) is 5.32 Å². The van der Waals surface area contributed by atoms with Gasteiger partial charge in [-0.15, -0.1) is 0 Å². The van der Waals surface area contributed by atoms with Crippen LogP contribution >= 0.6 is 0 Å². The van der Waals surface area contributed by atoms with Crippen LogP contribution in [0.15, 0.2) is 18.3 Å². The highest BCUT2D eigenvalue weighted by Gasteiger charge is 2.25. The molecule has 92 valence electrons. The van der Waals surface area contributed by atoms with Crippen molar-refractivity contribution in [3.8, 4) is 0 Å². The maximum Gasteiger partial charge on any atom is 0.374 e. The number of aromatic amines is 1. The molecule has 0 aromatic carbocycles. The number of hydrogen-bond acceptors (Lipinski definition) is 5. The Morgan fingerprint density at radius 1 is 1.44 bits per heavy atom. The number of hydrogen-bond donors (Lipinski definition) is 3. The molecule has 0 atom stereocenters. The summed E-state index contributed by atoms with van der Waals surface area (Å²) in [6, 6.07) is 3.51. The number of carbonyl (C=O) groups is 1. The Hall–Kier alpha value is -2.44. The van der Waals surface area contributed by atoms with Gasteiger partial charge in [0.25, 0.3) is 0 Å². The van der Waals surface area contributed by atoms with Gasteiger partial charge in [-0.3, -0.25) is 5.10 Å². The van der Waals surface area contributed by atoms with Crippen LogP contribution in [0.5, 0.6) is 0 Å². The lowest BCUT2D eigenvalue weighted by Gasteiger charge is -2.01. The van der Waals surface area contributed by atoms with Crippen LogP contribution in [0.3, 0.4) is 0 Å². The number of anilines is 2. The average Bonchev–Trinajstić information content (AvgIpc) is 3.11. The normalized spacial score (nSPS) is 14.4. The second kappa shape index (κ2) is 4.10. The number of rotatable bonds is 4. The number of aromatic carboxylic acids is 1. The zero-order valence-electron chi connectivity index (χ0n) is 9.42. The Balaban J connectivity index is 1.78. The minimum absolute atomic E-state index is 0.238. The molecule has 1 fully saturated rings. The molecule has 1 saturated carbocycles. The number of carboxylic acids is 1. The van der Waals surface area contributed by atoms with E-state index in [1.54, 1.807) is 6.07 Å². The summed E-state index contributed by atoms with van der Waals surface area (Å²) >= 11 is 0. The third-order valence-corrected chi connectivity index (χ3v) is 2.72. The van der Waals surface area contributed by atoms with E-state index in [0.717, 1.165) is 5.69 Å². The molecule has 2 aromatic rings. The smallest absolute Gasteiger partial charge is 0.374 e. The molecule has 2 heterocycles. The Kier molecular flexibility index (Phi) is 2.44. The van der Waals surface area contributed by atoms with Crippen molar-refractivity contribution >= 4 is 17.6 Å². The van der Waals surface area contributed by atoms with E-state index < -0.39 is 5.97 Å². The Labute approximate surface area is 102 Å². The van der Waals surface area contributed by atoms with Crippen molar-refractivity contribution in [3.05, 3.63) is 29.8 Å². The first-order chi connectivity index (χ1) is 8.72. The zero-order chi connectivity index (χ0) is 12.5. The standard InChI is InChI=1S/C11H11N5O2/c17-11(18)10-12-4-3-8(14-10)13-9-5-7(15-16-9)6-1-2-6/h3-6H,1-2H2,(H,17,18)(H2,12,13,14,15,16). The number of carboxylic acid groups (broad SMARTS) is 1. The molecule has 7 nitrogen and oxygen atoms in total. The minimum atomic E-state index is -1.15. The highest BCUT2D eigenvalue weighted by atomic mass is 16.4. The molecule has 1 aliphatic carbocycles. The van der Waals surface area contributed by atoms with Crippen molar-refractivity contribution < 1.29 is 9.90 Å². The summed E-state index contributed by atoms with van der Waals surface area (Å²) in [6.45, 7) is 0. The summed E-state index contributed by atoms with van der Waals surface area (Å²) in [4.78, 5) is 18.2. The van der Waals surface area contributed by atoms with E-state index in [9.17, 15) is 4.79 Å². The molecule has 0 bridgehead atoms. The van der Waals surface area contributed by atoms with Crippen LogP contribution in [0.2, 0.25) is 0 Å². The number of H-pyrrole nitrogens is 1. The monoisotopic (exact) mass is 245 g/mol.